The van der Waals surface area contributed by atoms with Gasteiger partial charge in [0, 0.05) is 19.3 Å². The molecule has 3 heterocycles. The van der Waals surface area contributed by atoms with E-state index in [1.54, 1.807) is 0 Å². The highest BCUT2D eigenvalue weighted by Gasteiger charge is 2.23. The van der Waals surface area contributed by atoms with Crippen molar-refractivity contribution in [1.29, 1.82) is 0 Å². The van der Waals surface area contributed by atoms with E-state index < -0.39 is 0 Å². The lowest BCUT2D eigenvalue weighted by Gasteiger charge is -2.21. The van der Waals surface area contributed by atoms with Crippen molar-refractivity contribution in [2.75, 3.05) is 0 Å². The molecule has 3 rings (SSSR count). The first-order chi connectivity index (χ1) is 24.5. The van der Waals surface area contributed by atoms with Crippen LogP contribution in [0, 0.1) is 0 Å². The molecule has 0 aromatic carbocycles. The predicted molar refractivity (Wildman–Crippen MR) is 208 cm³/mol. The summed E-state index contributed by atoms with van der Waals surface area (Å²) in [4.78, 5) is 32.8. The lowest BCUT2D eigenvalue weighted by molar-refractivity contribution is -0.154. The smallest absolute Gasteiger partial charge is 0.306 e. The summed E-state index contributed by atoms with van der Waals surface area (Å²) in [6, 6.07) is 0. The molecule has 50 heavy (non-hydrogen) atoms. The molecule has 3 unspecified atom stereocenters. The van der Waals surface area contributed by atoms with E-state index >= 15 is 0 Å². The van der Waals surface area contributed by atoms with Crippen LogP contribution in [-0.2, 0) is 28.6 Å². The van der Waals surface area contributed by atoms with Crippen LogP contribution in [0.3, 0.4) is 0 Å². The van der Waals surface area contributed by atoms with E-state index in [9.17, 15) is 14.4 Å². The van der Waals surface area contributed by atoms with Gasteiger partial charge < -0.3 is 14.2 Å². The highest BCUT2D eigenvalue weighted by atomic mass is 16.6. The Morgan fingerprint density at radius 1 is 0.360 bits per heavy atom. The second kappa shape index (κ2) is 34.5. The maximum atomic E-state index is 11.0. The van der Waals surface area contributed by atoms with Crippen LogP contribution in [0.5, 0.6) is 0 Å². The summed E-state index contributed by atoms with van der Waals surface area (Å²) in [5, 5.41) is 0. The van der Waals surface area contributed by atoms with Crippen molar-refractivity contribution in [3.8, 4) is 0 Å². The van der Waals surface area contributed by atoms with Crippen molar-refractivity contribution in [1.82, 2.24) is 0 Å². The Bertz CT molecular complexity index is 797. The van der Waals surface area contributed by atoms with Crippen molar-refractivity contribution in [2.45, 2.75) is 264 Å². The number of carbonyl (C=O) groups excluding carboxylic acids is 3. The number of carbonyl (C=O) groups is 3. The summed E-state index contributed by atoms with van der Waals surface area (Å²) in [5.41, 5.74) is 0. The first kappa shape index (κ1) is 46.4. The number of hydrogen-bond acceptors (Lipinski definition) is 6. The molecule has 0 amide bonds. The van der Waals surface area contributed by atoms with E-state index in [0.717, 1.165) is 44.9 Å². The largest absolute Gasteiger partial charge is 0.462 e. The molecule has 3 fully saturated rings. The van der Waals surface area contributed by atoms with E-state index in [0.29, 0.717) is 19.3 Å². The summed E-state index contributed by atoms with van der Waals surface area (Å²) < 4.78 is 15.7. The Morgan fingerprint density at radius 3 is 0.900 bits per heavy atom. The predicted octanol–water partition coefficient (Wildman–Crippen LogP) is 13.4. The van der Waals surface area contributed by atoms with E-state index in [4.69, 9.17) is 14.2 Å². The molecule has 294 valence electrons. The molecule has 0 aliphatic carbocycles. The molecule has 0 spiro atoms. The van der Waals surface area contributed by atoms with E-state index in [-0.39, 0.29) is 36.2 Å². The minimum Gasteiger partial charge on any atom is -0.462 e. The van der Waals surface area contributed by atoms with Gasteiger partial charge in [-0.1, -0.05) is 162 Å². The number of cyclic esters (lactones) is 3. The lowest BCUT2D eigenvalue weighted by atomic mass is 10.0. The Balaban J connectivity index is 0.000000379. The third-order valence-electron chi connectivity index (χ3n) is 10.5. The van der Waals surface area contributed by atoms with Crippen LogP contribution in [0.2, 0.25) is 0 Å². The zero-order chi connectivity index (χ0) is 36.3. The first-order valence-corrected chi connectivity index (χ1v) is 22.1. The van der Waals surface area contributed by atoms with Gasteiger partial charge in [-0.25, -0.2) is 0 Å². The van der Waals surface area contributed by atoms with Crippen LogP contribution in [0.25, 0.3) is 0 Å². The lowest BCUT2D eigenvalue weighted by Crippen LogP contribution is -2.23. The van der Waals surface area contributed by atoms with Gasteiger partial charge in [0.15, 0.2) is 0 Å². The molecule has 6 nitrogen and oxygen atoms in total. The van der Waals surface area contributed by atoms with Crippen LogP contribution in [0.4, 0.5) is 0 Å². The van der Waals surface area contributed by atoms with Crippen molar-refractivity contribution in [3.63, 3.8) is 0 Å². The third-order valence-corrected chi connectivity index (χ3v) is 10.5. The summed E-state index contributed by atoms with van der Waals surface area (Å²) in [5.74, 6) is 0.0220. The number of ether oxygens (including phenoxy) is 3. The first-order valence-electron chi connectivity index (χ1n) is 22.1. The molecule has 0 bridgehead atoms. The summed E-state index contributed by atoms with van der Waals surface area (Å²) >= 11 is 0. The van der Waals surface area contributed by atoms with E-state index in [1.165, 1.54) is 161 Å². The second-order valence-corrected chi connectivity index (χ2v) is 15.4. The van der Waals surface area contributed by atoms with Gasteiger partial charge in [0.05, 0.1) is 0 Å². The average molecular weight is 707 g/mol. The number of hydrogen-bond donors (Lipinski definition) is 0. The van der Waals surface area contributed by atoms with Gasteiger partial charge in [-0.2, -0.15) is 0 Å². The van der Waals surface area contributed by atoms with Crippen LogP contribution in [0.15, 0.2) is 0 Å². The Kier molecular flexibility index (Phi) is 32.0. The van der Waals surface area contributed by atoms with Crippen molar-refractivity contribution in [2.24, 2.45) is 0 Å². The summed E-state index contributed by atoms with van der Waals surface area (Å²) in [7, 11) is 0. The van der Waals surface area contributed by atoms with Crippen molar-refractivity contribution >= 4 is 17.9 Å². The highest BCUT2D eigenvalue weighted by Crippen LogP contribution is 2.22. The van der Waals surface area contributed by atoms with Gasteiger partial charge in [-0.3, -0.25) is 14.4 Å². The van der Waals surface area contributed by atoms with Crippen molar-refractivity contribution < 1.29 is 28.6 Å². The Hall–Kier alpha value is -1.59. The number of rotatable bonds is 28. The molecule has 3 aliphatic rings. The maximum Gasteiger partial charge on any atom is 0.306 e. The van der Waals surface area contributed by atoms with Gasteiger partial charge in [-0.05, 0) is 64.2 Å². The fourth-order valence-electron chi connectivity index (χ4n) is 7.25. The van der Waals surface area contributed by atoms with Gasteiger partial charge in [0.1, 0.15) is 18.3 Å². The average Bonchev–Trinajstić information content (AvgIpc) is 3.73. The van der Waals surface area contributed by atoms with Gasteiger partial charge in [0.2, 0.25) is 0 Å². The molecule has 0 radical (unpaired) electrons. The summed E-state index contributed by atoms with van der Waals surface area (Å²) in [6.45, 7) is 6.76. The van der Waals surface area contributed by atoms with E-state index in [2.05, 4.69) is 20.8 Å². The SMILES string of the molecule is CCCCCCCC1CCCC(=O)O1.CCCCCCCCCCCC1CCC(=O)O1.CCCCCCCCCCCCCC1CCC(=O)O1. The molecular weight excluding hydrogens is 624 g/mol. The monoisotopic (exact) mass is 707 g/mol. The molecule has 6 heteroatoms. The normalized spacial score (nSPS) is 20.0. The fourth-order valence-corrected chi connectivity index (χ4v) is 7.25. The van der Waals surface area contributed by atoms with Crippen LogP contribution in [-0.4, -0.2) is 36.2 Å². The Labute approximate surface area is 309 Å². The zero-order valence-corrected chi connectivity index (χ0v) is 33.4. The topological polar surface area (TPSA) is 78.9 Å². The number of unbranched alkanes of at least 4 members (excludes halogenated alkanes) is 22. The quantitative estimate of drug-likeness (QED) is 0.0458. The molecule has 0 aromatic heterocycles. The molecule has 3 aliphatic heterocycles. The summed E-state index contributed by atoms with van der Waals surface area (Å²) in [6.07, 6.45) is 43.7. The molecule has 0 N–H and O–H groups in total. The minimum atomic E-state index is 0.00549. The molecule has 0 aromatic rings. The molecule has 0 saturated carbocycles. The maximum absolute atomic E-state index is 11.0. The van der Waals surface area contributed by atoms with Crippen LogP contribution >= 0.6 is 0 Å². The number of esters is 3. The van der Waals surface area contributed by atoms with Gasteiger partial charge >= 0.3 is 17.9 Å². The van der Waals surface area contributed by atoms with Crippen LogP contribution in [0.1, 0.15) is 245 Å². The van der Waals surface area contributed by atoms with Gasteiger partial charge in [0.25, 0.3) is 0 Å². The second-order valence-electron chi connectivity index (χ2n) is 15.4. The molecular formula is C44H82O6. The minimum absolute atomic E-state index is 0.00549. The Morgan fingerprint density at radius 2 is 0.620 bits per heavy atom. The van der Waals surface area contributed by atoms with Gasteiger partial charge in [-0.15, -0.1) is 0 Å². The standard InChI is InChI=1S/C17H32O2.C15H28O2.C12H22O2/c1-2-3-4-5-6-7-8-9-10-11-12-13-16-14-15-17(18)19-16;1-2-3-4-5-6-7-8-9-10-11-14-12-13-15(16)17-14;1-2-3-4-5-6-8-11-9-7-10-12(13)14-11/h16H,2-15H2,1H3;14H,2-13H2,1H3;11H,2-10H2,1H3. The van der Waals surface area contributed by atoms with Crippen LogP contribution < -0.4 is 0 Å². The highest BCUT2D eigenvalue weighted by molar-refractivity contribution is 5.71. The zero-order valence-electron chi connectivity index (χ0n) is 33.4. The van der Waals surface area contributed by atoms with Crippen molar-refractivity contribution in [3.05, 3.63) is 0 Å². The molecule has 3 saturated heterocycles. The molecule has 3 atom stereocenters. The van der Waals surface area contributed by atoms with E-state index in [1.807, 2.05) is 0 Å². The fraction of sp³-hybridized carbons (Fsp3) is 0.932. The third kappa shape index (κ3) is 29.0.